The fourth-order valence-electron chi connectivity index (χ4n) is 2.77. The van der Waals surface area contributed by atoms with Gasteiger partial charge in [-0.3, -0.25) is 4.68 Å². The van der Waals surface area contributed by atoms with Crippen LogP contribution in [0.4, 0.5) is 17.3 Å². The van der Waals surface area contributed by atoms with Crippen molar-refractivity contribution in [1.82, 2.24) is 19.7 Å². The lowest BCUT2D eigenvalue weighted by molar-refractivity contribution is 0.768. The molecule has 0 saturated heterocycles. The normalized spacial score (nSPS) is 11.0. The molecule has 0 atom stereocenters. The molecule has 26 heavy (non-hydrogen) atoms. The molecule has 4 rings (SSSR count). The van der Waals surface area contributed by atoms with E-state index in [0.29, 0.717) is 5.95 Å². The van der Waals surface area contributed by atoms with Crippen LogP contribution in [0, 0.1) is 0 Å². The van der Waals surface area contributed by atoms with Gasteiger partial charge in [0.2, 0.25) is 5.95 Å². The number of fused-ring (bicyclic) bond motifs is 1. The van der Waals surface area contributed by atoms with Gasteiger partial charge in [0.15, 0.2) is 0 Å². The first-order valence-electron chi connectivity index (χ1n) is 8.03. The molecule has 0 amide bonds. The Balaban J connectivity index is 1.78. The van der Waals surface area contributed by atoms with E-state index in [0.717, 1.165) is 21.5 Å². The molecule has 0 radical (unpaired) electrons. The van der Waals surface area contributed by atoms with E-state index in [4.69, 9.17) is 4.98 Å². The van der Waals surface area contributed by atoms with Crippen molar-refractivity contribution in [3.05, 3.63) is 48.2 Å². The molecule has 0 aliphatic rings. The third kappa shape index (κ3) is 3.13. The van der Waals surface area contributed by atoms with Crippen molar-refractivity contribution in [3.8, 4) is 11.1 Å². The summed E-state index contributed by atoms with van der Waals surface area (Å²) in [6.45, 7) is 0. The Morgan fingerprint density at radius 2 is 2.04 bits per heavy atom. The molecule has 3 aromatic heterocycles. The highest BCUT2D eigenvalue weighted by atomic mass is 32.2. The lowest BCUT2D eigenvalue weighted by Gasteiger charge is -2.19. The van der Waals surface area contributed by atoms with Gasteiger partial charge >= 0.3 is 0 Å². The van der Waals surface area contributed by atoms with Gasteiger partial charge in [-0.15, -0.1) is 11.3 Å². The van der Waals surface area contributed by atoms with Gasteiger partial charge in [0.1, 0.15) is 0 Å². The first-order valence-corrected chi connectivity index (χ1v) is 10.1. The Labute approximate surface area is 160 Å². The van der Waals surface area contributed by atoms with Gasteiger partial charge in [0, 0.05) is 43.1 Å². The molecule has 0 spiro atoms. The molecule has 4 aromatic rings. The van der Waals surface area contributed by atoms with Crippen LogP contribution < -0.4 is 9.62 Å². The Bertz CT molecular complexity index is 1050. The fraction of sp³-hybridized carbons (Fsp3) is 0.167. The summed E-state index contributed by atoms with van der Waals surface area (Å²) < 4.78 is 4.97. The van der Waals surface area contributed by atoms with Crippen LogP contribution in [0.3, 0.4) is 0 Å². The molecule has 0 saturated carbocycles. The van der Waals surface area contributed by atoms with Crippen LogP contribution in [0.5, 0.6) is 0 Å². The molecule has 0 aliphatic carbocycles. The van der Waals surface area contributed by atoms with E-state index in [2.05, 4.69) is 62.7 Å². The second kappa shape index (κ2) is 6.97. The highest BCUT2D eigenvalue weighted by Crippen LogP contribution is 2.39. The number of hydrogen-bond acceptors (Lipinski definition) is 7. The van der Waals surface area contributed by atoms with Crippen LogP contribution in [0.1, 0.15) is 0 Å². The molecule has 3 heterocycles. The number of benzene rings is 1. The monoisotopic (exact) mass is 382 g/mol. The summed E-state index contributed by atoms with van der Waals surface area (Å²) in [6, 6.07) is 8.39. The summed E-state index contributed by atoms with van der Waals surface area (Å²) >= 11 is 3.35. The SMILES string of the molecule is CSN(C)c1ccccc1-c1csc2cnc(Nc3cnn(C)c3)nc12. The highest BCUT2D eigenvalue weighted by molar-refractivity contribution is 7.99. The summed E-state index contributed by atoms with van der Waals surface area (Å²) in [5, 5.41) is 9.53. The number of nitrogens with one attached hydrogen (secondary N) is 1. The van der Waals surface area contributed by atoms with Gasteiger partial charge in [0.05, 0.1) is 34.0 Å². The topological polar surface area (TPSA) is 58.9 Å². The minimum absolute atomic E-state index is 0.570. The van der Waals surface area contributed by atoms with Crippen molar-refractivity contribution < 1.29 is 0 Å². The van der Waals surface area contributed by atoms with Crippen molar-refractivity contribution in [2.45, 2.75) is 0 Å². The van der Waals surface area contributed by atoms with Crippen LogP contribution in [0.15, 0.2) is 48.2 Å². The Hall–Kier alpha value is -2.58. The average molecular weight is 383 g/mol. The number of thiophene rings is 1. The number of nitrogens with zero attached hydrogens (tertiary/aromatic N) is 5. The molecule has 6 nitrogen and oxygen atoms in total. The molecular formula is C18H18N6S2. The number of para-hydroxylation sites is 1. The predicted molar refractivity (Wildman–Crippen MR) is 111 cm³/mol. The standard InChI is InChI=1S/C18H18N6S2/c1-23-10-12(8-20-23)21-18-19-9-16-17(22-18)14(11-26-16)13-6-4-5-7-15(13)24(2)25-3/h4-11H,1-3H3,(H,19,21,22). The van der Waals surface area contributed by atoms with Gasteiger partial charge in [0.25, 0.3) is 0 Å². The van der Waals surface area contributed by atoms with Gasteiger partial charge in [-0.1, -0.05) is 30.1 Å². The minimum Gasteiger partial charge on any atom is -0.321 e. The largest absolute Gasteiger partial charge is 0.321 e. The summed E-state index contributed by atoms with van der Waals surface area (Å²) in [5.74, 6) is 0.570. The Morgan fingerprint density at radius 1 is 1.19 bits per heavy atom. The van der Waals surface area contributed by atoms with E-state index >= 15 is 0 Å². The number of aromatic nitrogens is 4. The van der Waals surface area contributed by atoms with E-state index in [9.17, 15) is 0 Å². The molecule has 1 aromatic carbocycles. The Kier molecular flexibility index (Phi) is 4.52. The summed E-state index contributed by atoms with van der Waals surface area (Å²) in [4.78, 5) is 9.20. The zero-order valence-corrected chi connectivity index (χ0v) is 16.3. The number of rotatable bonds is 5. The summed E-state index contributed by atoms with van der Waals surface area (Å²) in [6.07, 6.45) is 7.59. The van der Waals surface area contributed by atoms with Crippen LogP contribution >= 0.6 is 23.3 Å². The predicted octanol–water partition coefficient (Wildman–Crippen LogP) is 4.55. The number of anilines is 3. The van der Waals surface area contributed by atoms with Gasteiger partial charge in [-0.2, -0.15) is 5.10 Å². The number of aryl methyl sites for hydroxylation is 1. The maximum absolute atomic E-state index is 4.77. The smallest absolute Gasteiger partial charge is 0.227 e. The quantitative estimate of drug-likeness (QED) is 0.511. The second-order valence-corrected chi connectivity index (χ2v) is 7.60. The van der Waals surface area contributed by atoms with Crippen molar-refractivity contribution in [2.24, 2.45) is 7.05 Å². The average Bonchev–Trinajstić information content (AvgIpc) is 3.26. The van der Waals surface area contributed by atoms with Crippen molar-refractivity contribution in [3.63, 3.8) is 0 Å². The molecule has 0 unspecified atom stereocenters. The zero-order valence-electron chi connectivity index (χ0n) is 14.7. The van der Waals surface area contributed by atoms with Crippen molar-refractivity contribution in [1.29, 1.82) is 0 Å². The van der Waals surface area contributed by atoms with E-state index in [1.165, 1.54) is 11.3 Å². The summed E-state index contributed by atoms with van der Waals surface area (Å²) in [5.41, 5.74) is 5.28. The second-order valence-electron chi connectivity index (χ2n) is 5.78. The third-order valence-electron chi connectivity index (χ3n) is 4.08. The maximum Gasteiger partial charge on any atom is 0.227 e. The Morgan fingerprint density at radius 3 is 2.81 bits per heavy atom. The van der Waals surface area contributed by atoms with Crippen LogP contribution in [-0.4, -0.2) is 33.1 Å². The lowest BCUT2D eigenvalue weighted by atomic mass is 10.1. The van der Waals surface area contributed by atoms with Gasteiger partial charge < -0.3 is 9.62 Å². The third-order valence-corrected chi connectivity index (χ3v) is 5.73. The fourth-order valence-corrected chi connectivity index (χ4v) is 3.99. The first-order chi connectivity index (χ1) is 12.7. The van der Waals surface area contributed by atoms with E-state index < -0.39 is 0 Å². The lowest BCUT2D eigenvalue weighted by Crippen LogP contribution is -2.06. The zero-order chi connectivity index (χ0) is 18.1. The molecule has 132 valence electrons. The van der Waals surface area contributed by atoms with Gasteiger partial charge in [-0.25, -0.2) is 9.97 Å². The van der Waals surface area contributed by atoms with E-state index in [1.807, 2.05) is 19.4 Å². The molecule has 0 bridgehead atoms. The summed E-state index contributed by atoms with van der Waals surface area (Å²) in [7, 11) is 3.95. The van der Waals surface area contributed by atoms with E-state index in [1.54, 1.807) is 34.2 Å². The molecule has 0 aliphatic heterocycles. The van der Waals surface area contributed by atoms with Crippen molar-refractivity contribution in [2.75, 3.05) is 22.9 Å². The maximum atomic E-state index is 4.77. The van der Waals surface area contributed by atoms with Gasteiger partial charge in [-0.05, 0) is 6.07 Å². The van der Waals surface area contributed by atoms with Crippen molar-refractivity contribution >= 4 is 50.8 Å². The molecule has 8 heteroatoms. The van der Waals surface area contributed by atoms with E-state index in [-0.39, 0.29) is 0 Å². The molecule has 0 fully saturated rings. The van der Waals surface area contributed by atoms with Crippen LogP contribution in [0.2, 0.25) is 0 Å². The number of hydrogen-bond donors (Lipinski definition) is 1. The molecular weight excluding hydrogens is 364 g/mol. The minimum atomic E-state index is 0.570. The first kappa shape index (κ1) is 16.9. The van der Waals surface area contributed by atoms with Crippen LogP contribution in [0.25, 0.3) is 21.3 Å². The molecule has 1 N–H and O–H groups in total. The van der Waals surface area contributed by atoms with Crippen LogP contribution in [-0.2, 0) is 7.05 Å². The highest BCUT2D eigenvalue weighted by Gasteiger charge is 2.15.